The average Bonchev–Trinajstić information content (AvgIpc) is 2.47. The largest absolute Gasteiger partial charge is 0.457 e. The van der Waals surface area contributed by atoms with E-state index in [0.717, 1.165) is 6.07 Å². The van der Waals surface area contributed by atoms with Gasteiger partial charge in [0.15, 0.2) is 0 Å². The molecule has 0 amide bonds. The molecule has 0 aliphatic rings. The Kier molecular flexibility index (Phi) is 2.98. The molecule has 0 unspecified atom stereocenters. The number of aryl methyl sites for hydroxylation is 1. The summed E-state index contributed by atoms with van der Waals surface area (Å²) < 4.78 is 40.5. The lowest BCUT2D eigenvalue weighted by molar-refractivity contribution is -0.153. The average molecular weight is 194 g/mol. The molecule has 0 saturated heterocycles. The molecule has 0 aliphatic carbocycles. The Morgan fingerprint density at radius 1 is 1.31 bits per heavy atom. The lowest BCUT2D eigenvalue weighted by Gasteiger charge is -2.00. The second-order valence-corrected chi connectivity index (χ2v) is 2.59. The maximum atomic E-state index is 12.0. The van der Waals surface area contributed by atoms with Gasteiger partial charge in [-0.25, -0.2) is 0 Å². The maximum Gasteiger partial charge on any atom is 0.449 e. The Bertz CT molecular complexity index is 265. The Labute approximate surface area is 73.0 Å². The van der Waals surface area contributed by atoms with E-state index in [1.54, 1.807) is 0 Å². The number of hydrogen-bond donors (Lipinski definition) is 1. The molecule has 5 heteroatoms. The van der Waals surface area contributed by atoms with Gasteiger partial charge in [-0.3, -0.25) is 0 Å². The maximum absolute atomic E-state index is 12.0. The summed E-state index contributed by atoms with van der Waals surface area (Å²) in [5.74, 6) is -0.734. The van der Waals surface area contributed by atoms with Crippen LogP contribution in [0.2, 0.25) is 0 Å². The molecule has 0 aliphatic heterocycles. The summed E-state index contributed by atoms with van der Waals surface area (Å²) in [5, 5.41) is 8.43. The molecule has 0 saturated carbocycles. The zero-order chi connectivity index (χ0) is 9.90. The van der Waals surface area contributed by atoms with Crippen LogP contribution in [0.4, 0.5) is 13.2 Å². The normalized spacial score (nSPS) is 12.0. The molecule has 1 rings (SSSR count). The third kappa shape index (κ3) is 2.77. The molecular formula is C8H9F3O2. The van der Waals surface area contributed by atoms with Gasteiger partial charge in [-0.2, -0.15) is 13.2 Å². The number of aliphatic hydroxyl groups excluding tert-OH is 1. The van der Waals surface area contributed by atoms with Crippen LogP contribution >= 0.6 is 0 Å². The van der Waals surface area contributed by atoms with E-state index < -0.39 is 11.9 Å². The van der Waals surface area contributed by atoms with Crippen LogP contribution in [-0.4, -0.2) is 11.7 Å². The van der Waals surface area contributed by atoms with Gasteiger partial charge in [0.1, 0.15) is 5.76 Å². The summed E-state index contributed by atoms with van der Waals surface area (Å²) in [4.78, 5) is 0. The number of hydrogen-bond acceptors (Lipinski definition) is 2. The highest BCUT2D eigenvalue weighted by Gasteiger charge is 2.34. The molecule has 0 fully saturated rings. The van der Waals surface area contributed by atoms with E-state index in [9.17, 15) is 13.2 Å². The van der Waals surface area contributed by atoms with E-state index in [-0.39, 0.29) is 12.4 Å². The Morgan fingerprint density at radius 2 is 2.00 bits per heavy atom. The van der Waals surface area contributed by atoms with Crippen molar-refractivity contribution in [1.29, 1.82) is 0 Å². The summed E-state index contributed by atoms with van der Waals surface area (Å²) in [6.45, 7) is -0.0535. The van der Waals surface area contributed by atoms with Crippen LogP contribution < -0.4 is 0 Å². The van der Waals surface area contributed by atoms with Crippen molar-refractivity contribution in [3.8, 4) is 0 Å². The first kappa shape index (κ1) is 10.1. The van der Waals surface area contributed by atoms with E-state index in [2.05, 4.69) is 4.42 Å². The second-order valence-electron chi connectivity index (χ2n) is 2.59. The van der Waals surface area contributed by atoms with Crippen LogP contribution in [-0.2, 0) is 12.6 Å². The van der Waals surface area contributed by atoms with E-state index >= 15 is 0 Å². The zero-order valence-corrected chi connectivity index (χ0v) is 6.77. The van der Waals surface area contributed by atoms with Crippen LogP contribution in [0.3, 0.4) is 0 Å². The molecule has 13 heavy (non-hydrogen) atoms. The summed E-state index contributed by atoms with van der Waals surface area (Å²) in [6.07, 6.45) is -3.69. The lowest BCUT2D eigenvalue weighted by Crippen LogP contribution is -2.02. The standard InChI is InChI=1S/C8H9F3O2/c9-8(10,11)7-4-3-6(13-7)2-1-5-12/h3-4,12H,1-2,5H2. The molecule has 0 atom stereocenters. The fraction of sp³-hybridized carbons (Fsp3) is 0.500. The number of halogens is 3. The number of furan rings is 1. The number of alkyl halides is 3. The highest BCUT2D eigenvalue weighted by atomic mass is 19.4. The first-order valence-corrected chi connectivity index (χ1v) is 3.81. The monoisotopic (exact) mass is 194 g/mol. The third-order valence-corrected chi connectivity index (χ3v) is 1.52. The van der Waals surface area contributed by atoms with Gasteiger partial charge < -0.3 is 9.52 Å². The van der Waals surface area contributed by atoms with Crippen LogP contribution in [0.5, 0.6) is 0 Å². The van der Waals surface area contributed by atoms with Crippen molar-refractivity contribution in [3.05, 3.63) is 23.7 Å². The number of rotatable bonds is 3. The molecule has 0 bridgehead atoms. The molecule has 2 nitrogen and oxygen atoms in total. The lowest BCUT2D eigenvalue weighted by atomic mass is 10.3. The molecule has 1 heterocycles. The van der Waals surface area contributed by atoms with Gasteiger partial charge in [0, 0.05) is 13.0 Å². The van der Waals surface area contributed by atoms with Gasteiger partial charge in [-0.05, 0) is 18.6 Å². The molecule has 0 radical (unpaired) electrons. The van der Waals surface area contributed by atoms with Crippen molar-refractivity contribution >= 4 is 0 Å². The highest BCUT2D eigenvalue weighted by Crippen LogP contribution is 2.30. The molecule has 1 aromatic rings. The Hall–Kier alpha value is -0.970. The predicted octanol–water partition coefficient (Wildman–Crippen LogP) is 2.22. The third-order valence-electron chi connectivity index (χ3n) is 1.52. The first-order valence-electron chi connectivity index (χ1n) is 3.81. The molecule has 0 aromatic carbocycles. The Balaban J connectivity index is 2.64. The topological polar surface area (TPSA) is 33.4 Å². The van der Waals surface area contributed by atoms with E-state index in [0.29, 0.717) is 12.8 Å². The van der Waals surface area contributed by atoms with Gasteiger partial charge >= 0.3 is 6.18 Å². The number of aliphatic hydroxyl groups is 1. The van der Waals surface area contributed by atoms with Crippen LogP contribution in [0.1, 0.15) is 17.9 Å². The quantitative estimate of drug-likeness (QED) is 0.800. The van der Waals surface area contributed by atoms with Crippen molar-refractivity contribution in [1.82, 2.24) is 0 Å². The van der Waals surface area contributed by atoms with Crippen molar-refractivity contribution in [2.24, 2.45) is 0 Å². The summed E-state index contributed by atoms with van der Waals surface area (Å²) in [7, 11) is 0. The van der Waals surface area contributed by atoms with Gasteiger partial charge in [0.2, 0.25) is 5.76 Å². The van der Waals surface area contributed by atoms with Gasteiger partial charge in [-0.15, -0.1) is 0 Å². The fourth-order valence-corrected chi connectivity index (χ4v) is 0.918. The molecule has 1 aromatic heterocycles. The second kappa shape index (κ2) is 3.83. The van der Waals surface area contributed by atoms with Gasteiger partial charge in [0.05, 0.1) is 0 Å². The van der Waals surface area contributed by atoms with Crippen molar-refractivity contribution in [3.63, 3.8) is 0 Å². The minimum atomic E-state index is -4.42. The fourth-order valence-electron chi connectivity index (χ4n) is 0.918. The van der Waals surface area contributed by atoms with Crippen molar-refractivity contribution in [2.45, 2.75) is 19.0 Å². The van der Waals surface area contributed by atoms with E-state index in [1.807, 2.05) is 0 Å². The molecular weight excluding hydrogens is 185 g/mol. The minimum Gasteiger partial charge on any atom is -0.457 e. The van der Waals surface area contributed by atoms with E-state index in [1.165, 1.54) is 6.07 Å². The summed E-state index contributed by atoms with van der Waals surface area (Å²) >= 11 is 0. The van der Waals surface area contributed by atoms with Crippen molar-refractivity contribution in [2.75, 3.05) is 6.61 Å². The first-order chi connectivity index (χ1) is 6.04. The van der Waals surface area contributed by atoms with Crippen LogP contribution in [0.25, 0.3) is 0 Å². The van der Waals surface area contributed by atoms with Gasteiger partial charge in [-0.1, -0.05) is 0 Å². The SMILES string of the molecule is OCCCc1ccc(C(F)(F)F)o1. The molecule has 0 spiro atoms. The smallest absolute Gasteiger partial charge is 0.449 e. The van der Waals surface area contributed by atoms with E-state index in [4.69, 9.17) is 5.11 Å². The zero-order valence-electron chi connectivity index (χ0n) is 6.77. The molecule has 1 N–H and O–H groups in total. The minimum absolute atomic E-state index is 0.0535. The molecule has 74 valence electrons. The van der Waals surface area contributed by atoms with Crippen LogP contribution in [0.15, 0.2) is 16.5 Å². The van der Waals surface area contributed by atoms with Crippen molar-refractivity contribution < 1.29 is 22.7 Å². The highest BCUT2D eigenvalue weighted by molar-refractivity contribution is 5.09. The summed E-state index contributed by atoms with van der Waals surface area (Å²) in [6, 6.07) is 2.17. The van der Waals surface area contributed by atoms with Crippen LogP contribution in [0, 0.1) is 0 Å². The Morgan fingerprint density at radius 3 is 2.46 bits per heavy atom. The predicted molar refractivity (Wildman–Crippen MR) is 39.1 cm³/mol. The summed E-state index contributed by atoms with van der Waals surface area (Å²) in [5.41, 5.74) is 0. The van der Waals surface area contributed by atoms with Gasteiger partial charge in [0.25, 0.3) is 0 Å².